The third kappa shape index (κ3) is 1.69. The van der Waals surface area contributed by atoms with Gasteiger partial charge in [0, 0.05) is 12.1 Å². The molecule has 0 amide bonds. The Labute approximate surface area is 75.1 Å². The van der Waals surface area contributed by atoms with Crippen molar-refractivity contribution in [2.45, 2.75) is 37.5 Å². The zero-order chi connectivity index (χ0) is 8.06. The molecule has 1 aliphatic carbocycles. The fourth-order valence-corrected chi connectivity index (χ4v) is 2.03. The molecule has 0 aromatic rings. The molecule has 2 heterocycles. The van der Waals surface area contributed by atoms with Gasteiger partial charge in [0.15, 0.2) is 0 Å². The number of halogens is 4. The smallest absolute Gasteiger partial charge is 0.311 e. The molecule has 2 saturated heterocycles. The summed E-state index contributed by atoms with van der Waals surface area (Å²) in [5, 5.41) is 3.08. The number of fused-ring (bicyclic) bond motifs is 2. The zero-order valence-corrected chi connectivity index (χ0v) is 7.21. The van der Waals surface area contributed by atoms with Crippen LogP contribution in [0.4, 0.5) is 13.2 Å². The van der Waals surface area contributed by atoms with E-state index in [0.29, 0.717) is 12.8 Å². The molecule has 12 heavy (non-hydrogen) atoms. The average Bonchev–Trinajstić information content (AvgIpc) is 1.84. The van der Waals surface area contributed by atoms with Gasteiger partial charge in [-0.2, -0.15) is 13.2 Å². The van der Waals surface area contributed by atoms with E-state index in [2.05, 4.69) is 5.32 Å². The third-order valence-electron chi connectivity index (χ3n) is 2.64. The summed E-state index contributed by atoms with van der Waals surface area (Å²) in [5.41, 5.74) is 0. The van der Waals surface area contributed by atoms with Crippen molar-refractivity contribution < 1.29 is 13.2 Å². The average molecular weight is 202 g/mol. The summed E-state index contributed by atoms with van der Waals surface area (Å²) in [6.45, 7) is 0. The van der Waals surface area contributed by atoms with Crippen molar-refractivity contribution in [3.05, 3.63) is 0 Å². The van der Waals surface area contributed by atoms with Crippen LogP contribution in [0, 0.1) is 5.92 Å². The minimum atomic E-state index is -3.96. The van der Waals surface area contributed by atoms with Crippen LogP contribution in [-0.2, 0) is 0 Å². The first-order valence-corrected chi connectivity index (χ1v) is 3.88. The summed E-state index contributed by atoms with van der Waals surface area (Å²) in [6.07, 6.45) is -2.42. The first-order valence-electron chi connectivity index (χ1n) is 3.88. The topological polar surface area (TPSA) is 12.0 Å². The SMILES string of the molecule is Cl.FC(F)(F)C1CC2CC(C1)N2. The van der Waals surface area contributed by atoms with Crippen molar-refractivity contribution in [2.75, 3.05) is 0 Å². The maximum atomic E-state index is 12.1. The van der Waals surface area contributed by atoms with Crippen molar-refractivity contribution in [3.63, 3.8) is 0 Å². The predicted octanol–water partition coefficient (Wildman–Crippen LogP) is 2.11. The van der Waals surface area contributed by atoms with E-state index in [1.54, 1.807) is 0 Å². The number of hydrogen-bond acceptors (Lipinski definition) is 1. The molecule has 1 saturated carbocycles. The van der Waals surface area contributed by atoms with Crippen LogP contribution in [0.3, 0.4) is 0 Å². The normalized spacial score (nSPS) is 39.8. The Bertz CT molecular complexity index is 155. The number of rotatable bonds is 0. The van der Waals surface area contributed by atoms with Crippen molar-refractivity contribution >= 4 is 12.4 Å². The Hall–Kier alpha value is 0.0400. The monoisotopic (exact) mass is 201 g/mol. The lowest BCUT2D eigenvalue weighted by atomic mass is 9.75. The molecule has 0 spiro atoms. The molecule has 1 nitrogen and oxygen atoms in total. The molecule has 2 aliphatic heterocycles. The highest BCUT2D eigenvalue weighted by molar-refractivity contribution is 5.85. The summed E-state index contributed by atoms with van der Waals surface area (Å²) in [4.78, 5) is 0. The molecule has 3 fully saturated rings. The van der Waals surface area contributed by atoms with Crippen molar-refractivity contribution in [1.29, 1.82) is 0 Å². The minimum absolute atomic E-state index is 0. The van der Waals surface area contributed by atoms with Gasteiger partial charge < -0.3 is 5.32 Å². The molecule has 2 atom stereocenters. The van der Waals surface area contributed by atoms with Gasteiger partial charge in [0.05, 0.1) is 5.92 Å². The minimum Gasteiger partial charge on any atom is -0.311 e. The van der Waals surface area contributed by atoms with Gasteiger partial charge in [-0.25, -0.2) is 0 Å². The Kier molecular flexibility index (Phi) is 2.59. The van der Waals surface area contributed by atoms with Gasteiger partial charge in [-0.3, -0.25) is 0 Å². The molecule has 2 unspecified atom stereocenters. The zero-order valence-electron chi connectivity index (χ0n) is 6.40. The van der Waals surface area contributed by atoms with Crippen LogP contribution in [0.5, 0.6) is 0 Å². The van der Waals surface area contributed by atoms with Gasteiger partial charge in [-0.1, -0.05) is 0 Å². The van der Waals surface area contributed by atoms with Gasteiger partial charge in [-0.15, -0.1) is 12.4 Å². The van der Waals surface area contributed by atoms with E-state index >= 15 is 0 Å². The molecule has 0 aromatic heterocycles. The molecule has 3 aliphatic rings. The lowest BCUT2D eigenvalue weighted by molar-refractivity contribution is -0.193. The van der Waals surface area contributed by atoms with E-state index in [1.165, 1.54) is 0 Å². The van der Waals surface area contributed by atoms with Crippen LogP contribution in [0.2, 0.25) is 0 Å². The lowest BCUT2D eigenvalue weighted by Crippen LogP contribution is -2.59. The highest BCUT2D eigenvalue weighted by atomic mass is 35.5. The van der Waals surface area contributed by atoms with Gasteiger partial charge in [0.25, 0.3) is 0 Å². The van der Waals surface area contributed by atoms with E-state index < -0.39 is 12.1 Å². The quantitative estimate of drug-likeness (QED) is 0.633. The molecular formula is C7H11ClF3N. The highest BCUT2D eigenvalue weighted by Crippen LogP contribution is 2.41. The summed E-state index contributed by atoms with van der Waals surface area (Å²) < 4.78 is 36.3. The Balaban J connectivity index is 0.000000720. The maximum Gasteiger partial charge on any atom is 0.391 e. The first-order chi connectivity index (χ1) is 5.05. The predicted molar refractivity (Wildman–Crippen MR) is 41.4 cm³/mol. The molecule has 3 rings (SSSR count). The van der Waals surface area contributed by atoms with Crippen molar-refractivity contribution in [3.8, 4) is 0 Å². The third-order valence-corrected chi connectivity index (χ3v) is 2.64. The largest absolute Gasteiger partial charge is 0.391 e. The molecule has 1 N–H and O–H groups in total. The first kappa shape index (κ1) is 10.1. The maximum absolute atomic E-state index is 12.1. The van der Waals surface area contributed by atoms with Crippen LogP contribution in [-0.4, -0.2) is 18.3 Å². The number of nitrogens with one attached hydrogen (secondary N) is 1. The fraction of sp³-hybridized carbons (Fsp3) is 1.00. The molecule has 0 aromatic carbocycles. The number of hydrogen-bond donors (Lipinski definition) is 1. The van der Waals surface area contributed by atoms with Gasteiger partial charge >= 0.3 is 6.18 Å². The molecular weight excluding hydrogens is 191 g/mol. The summed E-state index contributed by atoms with van der Waals surface area (Å²) in [7, 11) is 0. The van der Waals surface area contributed by atoms with Crippen molar-refractivity contribution in [2.24, 2.45) is 5.92 Å². The van der Waals surface area contributed by atoms with Gasteiger partial charge in [-0.05, 0) is 19.3 Å². The Morgan fingerprint density at radius 3 is 1.67 bits per heavy atom. The van der Waals surface area contributed by atoms with E-state index in [-0.39, 0.29) is 24.5 Å². The van der Waals surface area contributed by atoms with E-state index in [9.17, 15) is 13.2 Å². The van der Waals surface area contributed by atoms with Gasteiger partial charge in [0.1, 0.15) is 0 Å². The fourth-order valence-electron chi connectivity index (χ4n) is 2.03. The summed E-state index contributed by atoms with van der Waals surface area (Å²) in [6, 6.07) is 0.306. The summed E-state index contributed by atoms with van der Waals surface area (Å²) in [5.74, 6) is -1.03. The molecule has 0 radical (unpaired) electrons. The van der Waals surface area contributed by atoms with E-state index in [4.69, 9.17) is 0 Å². The van der Waals surface area contributed by atoms with Crippen LogP contribution in [0.1, 0.15) is 19.3 Å². The Morgan fingerprint density at radius 2 is 1.42 bits per heavy atom. The number of alkyl halides is 3. The second-order valence-corrected chi connectivity index (χ2v) is 3.51. The van der Waals surface area contributed by atoms with Crippen LogP contribution < -0.4 is 5.32 Å². The molecule has 5 heteroatoms. The number of piperidine rings is 1. The molecule has 2 bridgehead atoms. The van der Waals surface area contributed by atoms with E-state index in [1.807, 2.05) is 0 Å². The molecule has 72 valence electrons. The van der Waals surface area contributed by atoms with Crippen molar-refractivity contribution in [1.82, 2.24) is 5.32 Å². The highest BCUT2D eigenvalue weighted by Gasteiger charge is 2.49. The summed E-state index contributed by atoms with van der Waals surface area (Å²) >= 11 is 0. The second kappa shape index (κ2) is 3.07. The van der Waals surface area contributed by atoms with Crippen LogP contribution >= 0.6 is 12.4 Å². The Morgan fingerprint density at radius 1 is 1.00 bits per heavy atom. The standard InChI is InChI=1S/C7H10F3N.ClH/c8-7(9,10)4-1-5-3-6(2-4)11-5;/h4-6,11H,1-3H2;1H. The van der Waals surface area contributed by atoms with E-state index in [0.717, 1.165) is 6.42 Å². The van der Waals surface area contributed by atoms with Crippen LogP contribution in [0.15, 0.2) is 0 Å². The van der Waals surface area contributed by atoms with Gasteiger partial charge in [0.2, 0.25) is 0 Å². The lowest BCUT2D eigenvalue weighted by Gasteiger charge is -2.46. The van der Waals surface area contributed by atoms with Crippen LogP contribution in [0.25, 0.3) is 0 Å². The second-order valence-electron chi connectivity index (χ2n) is 3.51.